The molecule has 0 saturated carbocycles. The summed E-state index contributed by atoms with van der Waals surface area (Å²) in [5.41, 5.74) is 1.23. The maximum Gasteiger partial charge on any atom is 0.272 e. The van der Waals surface area contributed by atoms with Crippen LogP contribution < -0.4 is 10.1 Å². The molecule has 2 heterocycles. The van der Waals surface area contributed by atoms with E-state index in [0.29, 0.717) is 17.3 Å². The van der Waals surface area contributed by atoms with Gasteiger partial charge in [-0.05, 0) is 38.3 Å². The van der Waals surface area contributed by atoms with E-state index in [1.807, 2.05) is 29.2 Å². The molecule has 0 aliphatic carbocycles. The number of nitrogens with one attached hydrogen (secondary N) is 1. The van der Waals surface area contributed by atoms with E-state index in [1.165, 1.54) is 6.42 Å². The zero-order chi connectivity index (χ0) is 16.9. The molecule has 1 fully saturated rings. The van der Waals surface area contributed by atoms with Crippen molar-refractivity contribution >= 4 is 17.4 Å². The fourth-order valence-corrected chi connectivity index (χ4v) is 2.89. The van der Waals surface area contributed by atoms with Gasteiger partial charge in [0.15, 0.2) is 0 Å². The molecule has 1 aromatic carbocycles. The molecule has 0 unspecified atom stereocenters. The van der Waals surface area contributed by atoms with Gasteiger partial charge in [-0.1, -0.05) is 12.1 Å². The van der Waals surface area contributed by atoms with E-state index in [1.54, 1.807) is 20.1 Å². The number of hydrogen-bond donors (Lipinski definition) is 1. The standard InChI is InChI=1S/C18H22N4O2/c1-13-19-15(18(23)22-10-6-3-7-11-22)12-17(20-13)21-14-8-4-5-9-16(14)24-2/h4-5,8-9,12H,3,6-7,10-11H2,1-2H3,(H,19,20,21). The summed E-state index contributed by atoms with van der Waals surface area (Å²) in [4.78, 5) is 23.2. The topological polar surface area (TPSA) is 67.3 Å². The second-order valence-electron chi connectivity index (χ2n) is 5.86. The van der Waals surface area contributed by atoms with Crippen molar-refractivity contribution in [2.45, 2.75) is 26.2 Å². The molecule has 1 aromatic heterocycles. The van der Waals surface area contributed by atoms with Gasteiger partial charge in [0, 0.05) is 19.2 Å². The van der Waals surface area contributed by atoms with E-state index in [0.717, 1.165) is 37.4 Å². The van der Waals surface area contributed by atoms with Gasteiger partial charge in [0.05, 0.1) is 12.8 Å². The molecular weight excluding hydrogens is 304 g/mol. The normalized spacial score (nSPS) is 14.3. The number of carbonyl (C=O) groups excluding carboxylic acids is 1. The van der Waals surface area contributed by atoms with Crippen molar-refractivity contribution in [1.29, 1.82) is 0 Å². The first-order valence-electron chi connectivity index (χ1n) is 8.22. The van der Waals surface area contributed by atoms with E-state index in [9.17, 15) is 4.79 Å². The Hall–Kier alpha value is -2.63. The number of nitrogens with zero attached hydrogens (tertiary/aromatic N) is 3. The number of para-hydroxylation sites is 2. The molecule has 1 aliphatic heterocycles. The van der Waals surface area contributed by atoms with Crippen molar-refractivity contribution in [3.8, 4) is 5.75 Å². The van der Waals surface area contributed by atoms with E-state index in [4.69, 9.17) is 4.74 Å². The van der Waals surface area contributed by atoms with Crippen LogP contribution >= 0.6 is 0 Å². The lowest BCUT2D eigenvalue weighted by Gasteiger charge is -2.26. The second-order valence-corrected chi connectivity index (χ2v) is 5.86. The van der Waals surface area contributed by atoms with Crippen molar-refractivity contribution in [1.82, 2.24) is 14.9 Å². The molecule has 24 heavy (non-hydrogen) atoms. The maximum absolute atomic E-state index is 12.7. The summed E-state index contributed by atoms with van der Waals surface area (Å²) in [6.07, 6.45) is 3.30. The third kappa shape index (κ3) is 3.64. The number of methoxy groups -OCH3 is 1. The number of amides is 1. The van der Waals surface area contributed by atoms with Crippen LogP contribution in [0.15, 0.2) is 30.3 Å². The van der Waals surface area contributed by atoms with Crippen LogP contribution in [-0.2, 0) is 0 Å². The van der Waals surface area contributed by atoms with Crippen LogP contribution in [0.2, 0.25) is 0 Å². The van der Waals surface area contributed by atoms with Crippen molar-refractivity contribution in [2.24, 2.45) is 0 Å². The van der Waals surface area contributed by atoms with Gasteiger partial charge in [-0.15, -0.1) is 0 Å². The van der Waals surface area contributed by atoms with Crippen LogP contribution in [0.3, 0.4) is 0 Å². The SMILES string of the molecule is COc1ccccc1Nc1cc(C(=O)N2CCCCC2)nc(C)n1. The zero-order valence-electron chi connectivity index (χ0n) is 14.1. The number of ether oxygens (including phenoxy) is 1. The molecule has 6 heteroatoms. The molecule has 3 rings (SSSR count). The van der Waals surface area contributed by atoms with Crippen LogP contribution in [0, 0.1) is 6.92 Å². The molecule has 1 N–H and O–H groups in total. The minimum Gasteiger partial charge on any atom is -0.495 e. The lowest BCUT2D eigenvalue weighted by atomic mass is 10.1. The minimum atomic E-state index is -0.0247. The zero-order valence-corrected chi connectivity index (χ0v) is 14.1. The van der Waals surface area contributed by atoms with Crippen LogP contribution in [0.5, 0.6) is 5.75 Å². The Morgan fingerprint density at radius 2 is 1.92 bits per heavy atom. The molecule has 1 aliphatic rings. The molecule has 6 nitrogen and oxygen atoms in total. The highest BCUT2D eigenvalue weighted by molar-refractivity contribution is 5.93. The van der Waals surface area contributed by atoms with E-state index >= 15 is 0 Å². The Bertz CT molecular complexity index is 727. The molecule has 1 amide bonds. The lowest BCUT2D eigenvalue weighted by molar-refractivity contribution is 0.0718. The lowest BCUT2D eigenvalue weighted by Crippen LogP contribution is -2.36. The minimum absolute atomic E-state index is 0.0247. The number of likely N-dealkylation sites (tertiary alicyclic amines) is 1. The summed E-state index contributed by atoms with van der Waals surface area (Å²) in [7, 11) is 1.62. The first-order valence-corrected chi connectivity index (χ1v) is 8.22. The van der Waals surface area contributed by atoms with Crippen LogP contribution in [-0.4, -0.2) is 41.0 Å². The van der Waals surface area contributed by atoms with Gasteiger partial charge in [-0.2, -0.15) is 0 Å². The van der Waals surface area contributed by atoms with Crippen LogP contribution in [0.25, 0.3) is 0 Å². The number of piperidine rings is 1. The highest BCUT2D eigenvalue weighted by Gasteiger charge is 2.20. The second kappa shape index (κ2) is 7.29. The quantitative estimate of drug-likeness (QED) is 0.935. The van der Waals surface area contributed by atoms with Crippen LogP contribution in [0.1, 0.15) is 35.6 Å². The fraction of sp³-hybridized carbons (Fsp3) is 0.389. The summed E-state index contributed by atoms with van der Waals surface area (Å²) < 4.78 is 5.34. The molecule has 0 radical (unpaired) electrons. The molecule has 1 saturated heterocycles. The van der Waals surface area contributed by atoms with Crippen molar-refractivity contribution in [3.05, 3.63) is 41.9 Å². The summed E-state index contributed by atoms with van der Waals surface area (Å²) in [5.74, 6) is 1.85. The third-order valence-corrected chi connectivity index (χ3v) is 4.07. The van der Waals surface area contributed by atoms with Gasteiger partial charge >= 0.3 is 0 Å². The first-order chi connectivity index (χ1) is 11.7. The monoisotopic (exact) mass is 326 g/mol. The van der Waals surface area contributed by atoms with Gasteiger partial charge in [-0.25, -0.2) is 9.97 Å². The highest BCUT2D eigenvalue weighted by Crippen LogP contribution is 2.26. The maximum atomic E-state index is 12.7. The average molecular weight is 326 g/mol. The molecule has 2 aromatic rings. The van der Waals surface area contributed by atoms with Gasteiger partial charge < -0.3 is 15.0 Å². The average Bonchev–Trinajstić information content (AvgIpc) is 2.62. The van der Waals surface area contributed by atoms with Crippen molar-refractivity contribution in [3.63, 3.8) is 0 Å². The first kappa shape index (κ1) is 16.2. The summed E-state index contributed by atoms with van der Waals surface area (Å²) in [6, 6.07) is 9.30. The summed E-state index contributed by atoms with van der Waals surface area (Å²) in [5, 5.41) is 3.22. The number of aryl methyl sites for hydroxylation is 1. The Morgan fingerprint density at radius 1 is 1.17 bits per heavy atom. The van der Waals surface area contributed by atoms with E-state index < -0.39 is 0 Å². The third-order valence-electron chi connectivity index (χ3n) is 4.07. The number of aromatic nitrogens is 2. The predicted molar refractivity (Wildman–Crippen MR) is 92.8 cm³/mol. The van der Waals surface area contributed by atoms with Gasteiger partial charge in [-0.3, -0.25) is 4.79 Å². The van der Waals surface area contributed by atoms with Crippen LogP contribution in [0.4, 0.5) is 11.5 Å². The highest BCUT2D eigenvalue weighted by atomic mass is 16.5. The largest absolute Gasteiger partial charge is 0.495 e. The number of anilines is 2. The molecule has 126 valence electrons. The molecular formula is C18H22N4O2. The molecule has 0 spiro atoms. The van der Waals surface area contributed by atoms with E-state index in [-0.39, 0.29) is 5.91 Å². The number of hydrogen-bond acceptors (Lipinski definition) is 5. The van der Waals surface area contributed by atoms with Crippen molar-refractivity contribution < 1.29 is 9.53 Å². The molecule has 0 atom stereocenters. The van der Waals surface area contributed by atoms with Gasteiger partial charge in [0.25, 0.3) is 5.91 Å². The number of benzene rings is 1. The smallest absolute Gasteiger partial charge is 0.272 e. The van der Waals surface area contributed by atoms with Gasteiger partial charge in [0.2, 0.25) is 0 Å². The number of carbonyl (C=O) groups is 1. The number of rotatable bonds is 4. The Labute approximate surface area is 141 Å². The van der Waals surface area contributed by atoms with Crippen molar-refractivity contribution in [2.75, 3.05) is 25.5 Å². The Kier molecular flexibility index (Phi) is 4.93. The van der Waals surface area contributed by atoms with E-state index in [2.05, 4.69) is 15.3 Å². The summed E-state index contributed by atoms with van der Waals surface area (Å²) >= 11 is 0. The fourth-order valence-electron chi connectivity index (χ4n) is 2.89. The Morgan fingerprint density at radius 3 is 2.67 bits per heavy atom. The Balaban J connectivity index is 1.84. The predicted octanol–water partition coefficient (Wildman–Crippen LogP) is 3.16. The van der Waals surface area contributed by atoms with Gasteiger partial charge in [0.1, 0.15) is 23.1 Å². The summed E-state index contributed by atoms with van der Waals surface area (Å²) in [6.45, 7) is 3.40. The molecule has 0 bridgehead atoms.